The molecule has 0 saturated carbocycles. The number of ether oxygens (including phenoxy) is 2. The summed E-state index contributed by atoms with van der Waals surface area (Å²) in [6, 6.07) is 7.96. The molecule has 0 amide bonds. The third kappa shape index (κ3) is 6.59. The van der Waals surface area contributed by atoms with E-state index >= 15 is 0 Å². The van der Waals surface area contributed by atoms with Gasteiger partial charge in [0.2, 0.25) is 0 Å². The van der Waals surface area contributed by atoms with Crippen molar-refractivity contribution in [1.82, 2.24) is 10.2 Å². The van der Waals surface area contributed by atoms with E-state index < -0.39 is 0 Å². The standard InChI is InChI=1S/C14H24N2O2/c1-16(2)9-7-15-8-10-18-12-13-5-4-6-14(11-13)17-3/h4-6,11,15H,7-10,12H2,1-3H3. The van der Waals surface area contributed by atoms with Gasteiger partial charge in [0.05, 0.1) is 20.3 Å². The summed E-state index contributed by atoms with van der Waals surface area (Å²) in [5, 5.41) is 3.33. The fourth-order valence-electron chi connectivity index (χ4n) is 1.52. The number of likely N-dealkylation sites (N-methyl/N-ethyl adjacent to an activating group) is 1. The lowest BCUT2D eigenvalue weighted by Gasteiger charge is -2.10. The van der Waals surface area contributed by atoms with Crippen LogP contribution in [0.4, 0.5) is 0 Å². The zero-order valence-corrected chi connectivity index (χ0v) is 11.6. The van der Waals surface area contributed by atoms with Gasteiger partial charge in [0.15, 0.2) is 0 Å². The van der Waals surface area contributed by atoms with Gasteiger partial charge < -0.3 is 19.7 Å². The first-order valence-corrected chi connectivity index (χ1v) is 6.28. The summed E-state index contributed by atoms with van der Waals surface area (Å²) in [4.78, 5) is 2.16. The molecule has 0 saturated heterocycles. The molecule has 0 bridgehead atoms. The highest BCUT2D eigenvalue weighted by atomic mass is 16.5. The van der Waals surface area contributed by atoms with Crippen molar-refractivity contribution in [3.63, 3.8) is 0 Å². The Hall–Kier alpha value is -1.10. The van der Waals surface area contributed by atoms with Crippen LogP contribution in [-0.2, 0) is 11.3 Å². The second kappa shape index (κ2) is 8.91. The summed E-state index contributed by atoms with van der Waals surface area (Å²) in [6.07, 6.45) is 0. The average molecular weight is 252 g/mol. The number of hydrogen-bond acceptors (Lipinski definition) is 4. The first-order chi connectivity index (χ1) is 8.72. The topological polar surface area (TPSA) is 33.7 Å². The van der Waals surface area contributed by atoms with Crippen LogP contribution in [0.1, 0.15) is 5.56 Å². The van der Waals surface area contributed by atoms with Crippen molar-refractivity contribution < 1.29 is 9.47 Å². The van der Waals surface area contributed by atoms with E-state index in [9.17, 15) is 0 Å². The first-order valence-electron chi connectivity index (χ1n) is 6.28. The van der Waals surface area contributed by atoms with Crippen LogP contribution in [0.25, 0.3) is 0 Å². The third-order valence-electron chi connectivity index (χ3n) is 2.56. The summed E-state index contributed by atoms with van der Waals surface area (Å²) in [5.74, 6) is 0.875. The smallest absolute Gasteiger partial charge is 0.119 e. The van der Waals surface area contributed by atoms with E-state index in [0.717, 1.165) is 37.6 Å². The minimum atomic E-state index is 0.632. The lowest BCUT2D eigenvalue weighted by molar-refractivity contribution is 0.122. The Morgan fingerprint density at radius 2 is 2.06 bits per heavy atom. The molecule has 102 valence electrons. The van der Waals surface area contributed by atoms with Crippen LogP contribution in [0.3, 0.4) is 0 Å². The number of nitrogens with zero attached hydrogens (tertiary/aromatic N) is 1. The van der Waals surface area contributed by atoms with Gasteiger partial charge >= 0.3 is 0 Å². The van der Waals surface area contributed by atoms with Crippen LogP contribution >= 0.6 is 0 Å². The Balaban J connectivity index is 2.06. The molecule has 0 aliphatic rings. The largest absolute Gasteiger partial charge is 0.497 e. The first kappa shape index (κ1) is 15.0. The van der Waals surface area contributed by atoms with Crippen molar-refractivity contribution in [2.75, 3.05) is 47.4 Å². The minimum absolute atomic E-state index is 0.632. The normalized spacial score (nSPS) is 10.9. The van der Waals surface area contributed by atoms with Crippen molar-refractivity contribution in [2.45, 2.75) is 6.61 Å². The van der Waals surface area contributed by atoms with Gasteiger partial charge in [0.25, 0.3) is 0 Å². The number of rotatable bonds is 9. The van der Waals surface area contributed by atoms with Crippen molar-refractivity contribution in [3.05, 3.63) is 29.8 Å². The van der Waals surface area contributed by atoms with E-state index in [0.29, 0.717) is 6.61 Å². The molecule has 1 rings (SSSR count). The molecule has 0 radical (unpaired) electrons. The predicted octanol–water partition coefficient (Wildman–Crippen LogP) is 1.36. The maximum atomic E-state index is 5.59. The van der Waals surface area contributed by atoms with Gasteiger partial charge in [-0.25, -0.2) is 0 Å². The highest BCUT2D eigenvalue weighted by molar-refractivity contribution is 5.27. The third-order valence-corrected chi connectivity index (χ3v) is 2.56. The van der Waals surface area contributed by atoms with Gasteiger partial charge in [-0.1, -0.05) is 12.1 Å². The maximum absolute atomic E-state index is 5.59. The fourth-order valence-corrected chi connectivity index (χ4v) is 1.52. The molecule has 0 spiro atoms. The van der Waals surface area contributed by atoms with Gasteiger partial charge in [-0.3, -0.25) is 0 Å². The zero-order chi connectivity index (χ0) is 13.2. The Morgan fingerprint density at radius 3 is 2.78 bits per heavy atom. The number of nitrogens with one attached hydrogen (secondary N) is 1. The molecule has 0 atom stereocenters. The second-order valence-electron chi connectivity index (χ2n) is 4.46. The summed E-state index contributed by atoms with van der Waals surface area (Å²) < 4.78 is 10.8. The molecule has 1 N–H and O–H groups in total. The van der Waals surface area contributed by atoms with E-state index in [-0.39, 0.29) is 0 Å². The molecule has 0 aliphatic heterocycles. The molecular formula is C14H24N2O2. The predicted molar refractivity (Wildman–Crippen MR) is 74.1 cm³/mol. The van der Waals surface area contributed by atoms with Crippen molar-refractivity contribution in [1.29, 1.82) is 0 Å². The van der Waals surface area contributed by atoms with E-state index in [1.807, 2.05) is 24.3 Å². The van der Waals surface area contributed by atoms with Gasteiger partial charge in [0, 0.05) is 19.6 Å². The SMILES string of the molecule is COc1cccc(COCCNCCN(C)C)c1. The van der Waals surface area contributed by atoms with Crippen molar-refractivity contribution >= 4 is 0 Å². The minimum Gasteiger partial charge on any atom is -0.497 e. The lowest BCUT2D eigenvalue weighted by atomic mass is 10.2. The van der Waals surface area contributed by atoms with Gasteiger partial charge in [-0.05, 0) is 31.8 Å². The Labute approximate surface area is 110 Å². The molecule has 4 nitrogen and oxygen atoms in total. The van der Waals surface area contributed by atoms with Crippen LogP contribution in [0.15, 0.2) is 24.3 Å². The number of methoxy groups -OCH3 is 1. The Kier molecular flexibility index (Phi) is 7.41. The number of benzene rings is 1. The summed E-state index contributed by atoms with van der Waals surface area (Å²) in [6.45, 7) is 4.29. The fraction of sp³-hybridized carbons (Fsp3) is 0.571. The summed E-state index contributed by atoms with van der Waals surface area (Å²) in [7, 11) is 5.82. The van der Waals surface area contributed by atoms with Gasteiger partial charge in [0.1, 0.15) is 5.75 Å². The molecule has 1 aromatic carbocycles. The second-order valence-corrected chi connectivity index (χ2v) is 4.46. The van der Waals surface area contributed by atoms with Crippen LogP contribution in [0.5, 0.6) is 5.75 Å². The van der Waals surface area contributed by atoms with Crippen LogP contribution in [-0.4, -0.2) is 52.3 Å². The average Bonchev–Trinajstić information content (AvgIpc) is 2.37. The lowest BCUT2D eigenvalue weighted by Crippen LogP contribution is -2.28. The quantitative estimate of drug-likeness (QED) is 0.673. The molecule has 18 heavy (non-hydrogen) atoms. The van der Waals surface area contributed by atoms with Crippen LogP contribution in [0, 0.1) is 0 Å². The maximum Gasteiger partial charge on any atom is 0.119 e. The molecule has 0 unspecified atom stereocenters. The molecule has 0 heterocycles. The Morgan fingerprint density at radius 1 is 1.22 bits per heavy atom. The van der Waals surface area contributed by atoms with Gasteiger partial charge in [-0.15, -0.1) is 0 Å². The van der Waals surface area contributed by atoms with Crippen LogP contribution in [0.2, 0.25) is 0 Å². The molecular weight excluding hydrogens is 228 g/mol. The summed E-state index contributed by atoms with van der Waals surface area (Å²) in [5.41, 5.74) is 1.14. The molecule has 4 heteroatoms. The van der Waals surface area contributed by atoms with E-state index in [2.05, 4.69) is 24.3 Å². The molecule has 1 aromatic rings. The van der Waals surface area contributed by atoms with Crippen LogP contribution < -0.4 is 10.1 Å². The highest BCUT2D eigenvalue weighted by Gasteiger charge is 1.96. The van der Waals surface area contributed by atoms with Gasteiger partial charge in [-0.2, -0.15) is 0 Å². The monoisotopic (exact) mass is 252 g/mol. The molecule has 0 fully saturated rings. The van der Waals surface area contributed by atoms with Crippen molar-refractivity contribution in [3.8, 4) is 5.75 Å². The zero-order valence-electron chi connectivity index (χ0n) is 11.6. The highest BCUT2D eigenvalue weighted by Crippen LogP contribution is 2.12. The van der Waals surface area contributed by atoms with E-state index in [1.165, 1.54) is 0 Å². The van der Waals surface area contributed by atoms with Crippen molar-refractivity contribution in [2.24, 2.45) is 0 Å². The number of hydrogen-bond donors (Lipinski definition) is 1. The van der Waals surface area contributed by atoms with E-state index in [1.54, 1.807) is 7.11 Å². The summed E-state index contributed by atoms with van der Waals surface area (Å²) >= 11 is 0. The Bertz CT molecular complexity index is 329. The molecule has 0 aromatic heterocycles. The van der Waals surface area contributed by atoms with E-state index in [4.69, 9.17) is 9.47 Å². The molecule has 0 aliphatic carbocycles.